The second-order valence-electron chi connectivity index (χ2n) is 5.80. The van der Waals surface area contributed by atoms with Gasteiger partial charge in [0.2, 0.25) is 11.8 Å². The van der Waals surface area contributed by atoms with Crippen molar-refractivity contribution in [3.05, 3.63) is 35.9 Å². The second kappa shape index (κ2) is 8.96. The number of nitrogens with zero attached hydrogens (tertiary/aromatic N) is 2. The molecule has 1 fully saturated rings. The first kappa shape index (κ1) is 17.8. The van der Waals surface area contributed by atoms with Crippen LogP contribution in [0.25, 0.3) is 0 Å². The number of rotatable bonds is 8. The van der Waals surface area contributed by atoms with Crippen LogP contribution in [-0.4, -0.2) is 35.5 Å². The number of imide groups is 2. The van der Waals surface area contributed by atoms with Gasteiger partial charge in [0, 0.05) is 12.8 Å². The van der Waals surface area contributed by atoms with Crippen LogP contribution in [0.5, 0.6) is 0 Å². The molecule has 1 atom stereocenters. The lowest BCUT2D eigenvalue weighted by molar-refractivity contribution is -0.139. The van der Waals surface area contributed by atoms with Gasteiger partial charge in [0.05, 0.1) is 6.54 Å². The van der Waals surface area contributed by atoms with Crippen LogP contribution < -0.4 is 5.32 Å². The van der Waals surface area contributed by atoms with Gasteiger partial charge in [0.15, 0.2) is 5.92 Å². The molecule has 1 aromatic rings. The predicted octanol–water partition coefficient (Wildman–Crippen LogP) is 2.53. The van der Waals surface area contributed by atoms with Gasteiger partial charge < -0.3 is 0 Å². The molecule has 24 heavy (non-hydrogen) atoms. The Morgan fingerprint density at radius 3 is 2.58 bits per heavy atom. The van der Waals surface area contributed by atoms with Crippen LogP contribution in [0.2, 0.25) is 0 Å². The lowest BCUT2D eigenvalue weighted by Gasteiger charge is -2.28. The predicted molar refractivity (Wildman–Crippen MR) is 91.5 cm³/mol. The number of hydrogen-bond acceptors (Lipinski definition) is 4. The van der Waals surface area contributed by atoms with Crippen molar-refractivity contribution >= 4 is 24.1 Å². The summed E-state index contributed by atoms with van der Waals surface area (Å²) in [4.78, 5) is 41.6. The number of carbonyl (C=O) groups is 3. The standard InChI is InChI=1S/C18H23N3O3/c1-2-3-4-8-11-19-12-15-16(22)20-18(24)21(17(15)23)13-14-9-6-5-7-10-14/h5-7,9-10,12,15H,2-4,8,11,13H2,1H3,(H,20,22,24). The fourth-order valence-corrected chi connectivity index (χ4v) is 2.49. The number of nitrogens with one attached hydrogen (secondary N) is 1. The average molecular weight is 329 g/mol. The van der Waals surface area contributed by atoms with E-state index < -0.39 is 23.8 Å². The monoisotopic (exact) mass is 329 g/mol. The van der Waals surface area contributed by atoms with Crippen LogP contribution in [0.15, 0.2) is 35.3 Å². The maximum absolute atomic E-state index is 12.5. The van der Waals surface area contributed by atoms with Crippen molar-refractivity contribution in [1.29, 1.82) is 0 Å². The van der Waals surface area contributed by atoms with Crippen molar-refractivity contribution in [1.82, 2.24) is 10.2 Å². The minimum Gasteiger partial charge on any atom is -0.296 e. The molecule has 0 radical (unpaired) electrons. The number of aliphatic imine (C=N–C) groups is 1. The Morgan fingerprint density at radius 1 is 1.12 bits per heavy atom. The van der Waals surface area contributed by atoms with E-state index in [4.69, 9.17) is 0 Å². The first-order chi connectivity index (χ1) is 11.6. The molecule has 0 saturated carbocycles. The minimum absolute atomic E-state index is 0.139. The van der Waals surface area contributed by atoms with Crippen LogP contribution in [0.1, 0.15) is 38.2 Å². The highest BCUT2D eigenvalue weighted by molar-refractivity contribution is 6.23. The molecule has 0 spiro atoms. The van der Waals surface area contributed by atoms with Crippen molar-refractivity contribution < 1.29 is 14.4 Å². The van der Waals surface area contributed by atoms with E-state index in [1.54, 1.807) is 0 Å². The highest BCUT2D eigenvalue weighted by Gasteiger charge is 2.39. The van der Waals surface area contributed by atoms with Gasteiger partial charge in [-0.15, -0.1) is 0 Å². The van der Waals surface area contributed by atoms with Crippen molar-refractivity contribution in [3.8, 4) is 0 Å². The molecule has 4 amide bonds. The van der Waals surface area contributed by atoms with Crippen LogP contribution in [0, 0.1) is 5.92 Å². The van der Waals surface area contributed by atoms with Gasteiger partial charge in [0.1, 0.15) is 0 Å². The summed E-state index contributed by atoms with van der Waals surface area (Å²) < 4.78 is 0. The molecule has 2 rings (SSSR count). The fourth-order valence-electron chi connectivity index (χ4n) is 2.49. The lowest BCUT2D eigenvalue weighted by atomic mass is 10.1. The maximum Gasteiger partial charge on any atom is 0.331 e. The van der Waals surface area contributed by atoms with Gasteiger partial charge >= 0.3 is 6.03 Å². The molecule has 1 aliphatic rings. The molecule has 0 aromatic heterocycles. The van der Waals surface area contributed by atoms with Crippen LogP contribution in [-0.2, 0) is 16.1 Å². The van der Waals surface area contributed by atoms with E-state index in [2.05, 4.69) is 17.2 Å². The summed E-state index contributed by atoms with van der Waals surface area (Å²) in [5.74, 6) is -2.16. The van der Waals surface area contributed by atoms with E-state index in [1.165, 1.54) is 6.21 Å². The number of amides is 4. The third-order valence-electron chi connectivity index (χ3n) is 3.87. The highest BCUT2D eigenvalue weighted by Crippen LogP contribution is 2.13. The van der Waals surface area contributed by atoms with Crippen LogP contribution in [0.4, 0.5) is 4.79 Å². The zero-order valence-electron chi connectivity index (χ0n) is 13.9. The van der Waals surface area contributed by atoms with E-state index in [0.29, 0.717) is 6.54 Å². The van der Waals surface area contributed by atoms with E-state index >= 15 is 0 Å². The third-order valence-corrected chi connectivity index (χ3v) is 3.87. The van der Waals surface area contributed by atoms with E-state index in [-0.39, 0.29) is 6.54 Å². The minimum atomic E-state index is -1.03. The molecule has 1 saturated heterocycles. The molecular weight excluding hydrogens is 306 g/mol. The van der Waals surface area contributed by atoms with Gasteiger partial charge in [-0.3, -0.25) is 24.8 Å². The molecular formula is C18H23N3O3. The molecule has 1 aromatic carbocycles. The molecule has 0 bridgehead atoms. The first-order valence-electron chi connectivity index (χ1n) is 8.33. The number of hydrogen-bond donors (Lipinski definition) is 1. The number of urea groups is 1. The van der Waals surface area contributed by atoms with Crippen molar-refractivity contribution in [2.24, 2.45) is 10.9 Å². The highest BCUT2D eigenvalue weighted by atomic mass is 16.2. The van der Waals surface area contributed by atoms with Crippen LogP contribution >= 0.6 is 0 Å². The third kappa shape index (κ3) is 4.75. The summed E-state index contributed by atoms with van der Waals surface area (Å²) in [6.07, 6.45) is 5.67. The maximum atomic E-state index is 12.5. The van der Waals surface area contributed by atoms with Gasteiger partial charge in [-0.05, 0) is 12.0 Å². The Balaban J connectivity index is 1.98. The number of barbiturate groups is 1. The average Bonchev–Trinajstić information content (AvgIpc) is 2.58. The van der Waals surface area contributed by atoms with Crippen molar-refractivity contribution in [2.75, 3.05) is 6.54 Å². The molecule has 128 valence electrons. The number of unbranched alkanes of at least 4 members (excludes halogenated alkanes) is 3. The molecule has 6 nitrogen and oxygen atoms in total. The molecule has 1 aliphatic heterocycles. The van der Waals surface area contributed by atoms with E-state index in [0.717, 1.165) is 36.1 Å². The molecule has 1 N–H and O–H groups in total. The summed E-state index contributed by atoms with van der Waals surface area (Å²) in [5.41, 5.74) is 0.825. The Bertz CT molecular complexity index is 613. The first-order valence-corrected chi connectivity index (χ1v) is 8.33. The summed E-state index contributed by atoms with van der Waals surface area (Å²) in [5, 5.41) is 2.23. The van der Waals surface area contributed by atoms with Gasteiger partial charge in [-0.25, -0.2) is 4.79 Å². The van der Waals surface area contributed by atoms with Gasteiger partial charge in [-0.1, -0.05) is 56.5 Å². The van der Waals surface area contributed by atoms with E-state index in [1.807, 2.05) is 30.3 Å². The van der Waals surface area contributed by atoms with E-state index in [9.17, 15) is 14.4 Å². The summed E-state index contributed by atoms with van der Waals surface area (Å²) in [6, 6.07) is 8.51. The Hall–Kier alpha value is -2.50. The summed E-state index contributed by atoms with van der Waals surface area (Å²) in [7, 11) is 0. The topological polar surface area (TPSA) is 78.8 Å². The van der Waals surface area contributed by atoms with Crippen LogP contribution in [0.3, 0.4) is 0 Å². The zero-order valence-corrected chi connectivity index (χ0v) is 13.9. The Morgan fingerprint density at radius 2 is 1.88 bits per heavy atom. The lowest BCUT2D eigenvalue weighted by Crippen LogP contribution is -2.57. The second-order valence-corrected chi connectivity index (χ2v) is 5.80. The smallest absolute Gasteiger partial charge is 0.296 e. The fraction of sp³-hybridized carbons (Fsp3) is 0.444. The van der Waals surface area contributed by atoms with Crippen molar-refractivity contribution in [3.63, 3.8) is 0 Å². The molecule has 1 heterocycles. The Kier molecular flexibility index (Phi) is 6.66. The zero-order chi connectivity index (χ0) is 17.4. The Labute approximate surface area is 141 Å². The largest absolute Gasteiger partial charge is 0.331 e. The summed E-state index contributed by atoms with van der Waals surface area (Å²) in [6.45, 7) is 2.86. The van der Waals surface area contributed by atoms with Gasteiger partial charge in [0.25, 0.3) is 0 Å². The molecule has 0 aliphatic carbocycles. The molecule has 6 heteroatoms. The number of benzene rings is 1. The van der Waals surface area contributed by atoms with Gasteiger partial charge in [-0.2, -0.15) is 0 Å². The number of carbonyl (C=O) groups excluding carboxylic acids is 3. The quantitative estimate of drug-likeness (QED) is 0.452. The normalized spacial score (nSPS) is 18.3. The van der Waals surface area contributed by atoms with Crippen molar-refractivity contribution in [2.45, 2.75) is 39.2 Å². The molecule has 1 unspecified atom stereocenters. The SMILES string of the molecule is CCCCCCN=CC1C(=O)NC(=O)N(Cc2ccccc2)C1=O. The summed E-state index contributed by atoms with van der Waals surface area (Å²) >= 11 is 0.